The first kappa shape index (κ1) is 13.2. The summed E-state index contributed by atoms with van der Waals surface area (Å²) >= 11 is 0. The molecule has 7 nitrogen and oxygen atoms in total. The van der Waals surface area contributed by atoms with Crippen molar-refractivity contribution in [2.24, 2.45) is 5.73 Å². The average Bonchev–Trinajstić information content (AvgIpc) is 2.59. The van der Waals surface area contributed by atoms with Gasteiger partial charge >= 0.3 is 5.97 Å². The maximum absolute atomic E-state index is 10.8. The van der Waals surface area contributed by atoms with E-state index in [1.807, 2.05) is 11.5 Å². The van der Waals surface area contributed by atoms with Crippen LogP contribution >= 0.6 is 0 Å². The minimum Gasteiger partial charge on any atom is -0.480 e. The lowest BCUT2D eigenvalue weighted by molar-refractivity contribution is -0.138. The van der Waals surface area contributed by atoms with Gasteiger partial charge in [-0.15, -0.1) is 0 Å². The van der Waals surface area contributed by atoms with Gasteiger partial charge in [0.25, 0.3) is 0 Å². The summed E-state index contributed by atoms with van der Waals surface area (Å²) < 4.78 is 1.88. The minimum atomic E-state index is -0.978. The van der Waals surface area contributed by atoms with Crippen molar-refractivity contribution >= 4 is 11.9 Å². The Hall–Kier alpha value is -1.89. The molecule has 94 valence electrons. The Morgan fingerprint density at radius 1 is 1.53 bits per heavy atom. The quantitative estimate of drug-likeness (QED) is 0.640. The molecule has 0 saturated carbocycles. The number of hydrogen-bond donors (Lipinski definition) is 2. The van der Waals surface area contributed by atoms with Gasteiger partial charge in [0.1, 0.15) is 5.82 Å². The SMILES string of the molecule is Cc1nccn1CCN(CC(N)=O)CC(=O)O. The van der Waals surface area contributed by atoms with Crippen LogP contribution in [0.5, 0.6) is 0 Å². The first-order valence-corrected chi connectivity index (χ1v) is 5.19. The van der Waals surface area contributed by atoms with Crippen molar-refractivity contribution in [3.8, 4) is 0 Å². The highest BCUT2D eigenvalue weighted by Crippen LogP contribution is 1.97. The lowest BCUT2D eigenvalue weighted by Gasteiger charge is -2.18. The lowest BCUT2D eigenvalue weighted by atomic mass is 10.4. The van der Waals surface area contributed by atoms with E-state index in [0.29, 0.717) is 13.1 Å². The van der Waals surface area contributed by atoms with Crippen LogP contribution in [-0.4, -0.2) is 51.1 Å². The molecule has 0 spiro atoms. The fourth-order valence-electron chi connectivity index (χ4n) is 1.51. The lowest BCUT2D eigenvalue weighted by Crippen LogP contribution is -2.39. The molecule has 1 amide bonds. The van der Waals surface area contributed by atoms with E-state index < -0.39 is 11.9 Å². The number of nitrogens with zero attached hydrogens (tertiary/aromatic N) is 3. The Kier molecular flexibility index (Phi) is 4.65. The Morgan fingerprint density at radius 2 is 2.24 bits per heavy atom. The van der Waals surface area contributed by atoms with Gasteiger partial charge in [-0.2, -0.15) is 0 Å². The van der Waals surface area contributed by atoms with Crippen LogP contribution in [0, 0.1) is 6.92 Å². The summed E-state index contributed by atoms with van der Waals surface area (Å²) in [6.07, 6.45) is 3.48. The molecule has 0 atom stereocenters. The number of primary amides is 1. The highest BCUT2D eigenvalue weighted by Gasteiger charge is 2.12. The number of aliphatic carboxylic acids is 1. The van der Waals surface area contributed by atoms with Crippen LogP contribution in [0.2, 0.25) is 0 Å². The number of carbonyl (C=O) groups excluding carboxylic acids is 1. The first-order valence-electron chi connectivity index (χ1n) is 5.19. The van der Waals surface area contributed by atoms with Crippen LogP contribution in [-0.2, 0) is 16.1 Å². The molecule has 3 N–H and O–H groups in total. The fourth-order valence-corrected chi connectivity index (χ4v) is 1.51. The molecule has 0 aliphatic rings. The second kappa shape index (κ2) is 6.00. The third-order valence-corrected chi connectivity index (χ3v) is 2.32. The molecule has 1 heterocycles. The average molecular weight is 240 g/mol. The highest BCUT2D eigenvalue weighted by atomic mass is 16.4. The maximum Gasteiger partial charge on any atom is 0.317 e. The van der Waals surface area contributed by atoms with Gasteiger partial charge in [0.15, 0.2) is 0 Å². The largest absolute Gasteiger partial charge is 0.480 e. The standard InChI is InChI=1S/C10H16N4O3/c1-8-12-2-3-14(8)5-4-13(6-9(11)15)7-10(16)17/h2-3H,4-7H2,1H3,(H2,11,15)(H,16,17). The van der Waals surface area contributed by atoms with Gasteiger partial charge in [-0.25, -0.2) is 4.98 Å². The van der Waals surface area contributed by atoms with E-state index in [4.69, 9.17) is 10.8 Å². The van der Waals surface area contributed by atoms with Gasteiger partial charge in [0.05, 0.1) is 13.1 Å². The van der Waals surface area contributed by atoms with E-state index >= 15 is 0 Å². The number of amides is 1. The van der Waals surface area contributed by atoms with E-state index in [2.05, 4.69) is 4.98 Å². The van der Waals surface area contributed by atoms with Crippen molar-refractivity contribution in [1.29, 1.82) is 0 Å². The fraction of sp³-hybridized carbons (Fsp3) is 0.500. The summed E-state index contributed by atoms with van der Waals surface area (Å²) in [7, 11) is 0. The van der Waals surface area contributed by atoms with Crippen LogP contribution in [0.4, 0.5) is 0 Å². The van der Waals surface area contributed by atoms with Gasteiger partial charge in [-0.05, 0) is 6.92 Å². The third-order valence-electron chi connectivity index (χ3n) is 2.32. The topological polar surface area (TPSA) is 101 Å². The Morgan fingerprint density at radius 3 is 2.71 bits per heavy atom. The minimum absolute atomic E-state index is 0.0555. The predicted molar refractivity (Wildman–Crippen MR) is 60.2 cm³/mol. The molecule has 1 aromatic rings. The van der Waals surface area contributed by atoms with Crippen LogP contribution < -0.4 is 5.73 Å². The highest BCUT2D eigenvalue weighted by molar-refractivity contribution is 5.77. The summed E-state index contributed by atoms with van der Waals surface area (Å²) in [6.45, 7) is 2.62. The van der Waals surface area contributed by atoms with Gasteiger partial charge in [0.2, 0.25) is 5.91 Å². The molecular formula is C10H16N4O3. The Balaban J connectivity index is 2.51. The van der Waals surface area contributed by atoms with E-state index in [1.54, 1.807) is 12.4 Å². The Bertz CT molecular complexity index is 386. The molecule has 1 aromatic heterocycles. The van der Waals surface area contributed by atoms with Crippen LogP contribution in [0.1, 0.15) is 5.82 Å². The zero-order valence-corrected chi connectivity index (χ0v) is 9.67. The number of imidazole rings is 1. The van der Waals surface area contributed by atoms with Crippen molar-refractivity contribution in [3.05, 3.63) is 18.2 Å². The Labute approximate surface area is 98.8 Å². The zero-order chi connectivity index (χ0) is 12.8. The van der Waals surface area contributed by atoms with Gasteiger partial charge in [-0.3, -0.25) is 14.5 Å². The molecule has 0 fully saturated rings. The first-order chi connectivity index (χ1) is 7.99. The number of nitrogens with two attached hydrogens (primary N) is 1. The van der Waals surface area contributed by atoms with Crippen LogP contribution in [0.3, 0.4) is 0 Å². The molecule has 0 bridgehead atoms. The summed E-state index contributed by atoms with van der Waals surface area (Å²) in [6, 6.07) is 0. The molecule has 0 aliphatic heterocycles. The summed E-state index contributed by atoms with van der Waals surface area (Å²) in [5, 5.41) is 8.70. The number of hydrogen-bond acceptors (Lipinski definition) is 4. The van der Waals surface area contributed by atoms with Gasteiger partial charge in [0, 0.05) is 25.5 Å². The van der Waals surface area contributed by atoms with Gasteiger partial charge in [-0.1, -0.05) is 0 Å². The number of aromatic nitrogens is 2. The smallest absolute Gasteiger partial charge is 0.317 e. The van der Waals surface area contributed by atoms with Gasteiger partial charge < -0.3 is 15.4 Å². The van der Waals surface area contributed by atoms with Crippen molar-refractivity contribution in [1.82, 2.24) is 14.5 Å². The van der Waals surface area contributed by atoms with Crippen LogP contribution in [0.15, 0.2) is 12.4 Å². The molecular weight excluding hydrogens is 224 g/mol. The number of rotatable bonds is 7. The summed E-state index contributed by atoms with van der Waals surface area (Å²) in [5.74, 6) is -0.665. The maximum atomic E-state index is 10.8. The van der Waals surface area contributed by atoms with E-state index in [1.165, 1.54) is 4.90 Å². The zero-order valence-electron chi connectivity index (χ0n) is 9.67. The molecule has 17 heavy (non-hydrogen) atoms. The summed E-state index contributed by atoms with van der Waals surface area (Å²) in [4.78, 5) is 26.9. The molecule has 1 rings (SSSR count). The molecule has 0 unspecified atom stereocenters. The predicted octanol–water partition coefficient (Wildman–Crippen LogP) is -0.937. The molecule has 0 saturated heterocycles. The molecule has 7 heteroatoms. The van der Waals surface area contributed by atoms with Crippen molar-refractivity contribution < 1.29 is 14.7 Å². The number of carboxylic acid groups (broad SMARTS) is 1. The normalized spacial score (nSPS) is 10.7. The number of aryl methyl sites for hydroxylation is 1. The molecule has 0 aliphatic carbocycles. The second-order valence-corrected chi connectivity index (χ2v) is 3.74. The van der Waals surface area contributed by atoms with E-state index in [0.717, 1.165) is 5.82 Å². The number of carboxylic acids is 1. The van der Waals surface area contributed by atoms with E-state index in [-0.39, 0.29) is 13.1 Å². The van der Waals surface area contributed by atoms with Crippen molar-refractivity contribution in [2.45, 2.75) is 13.5 Å². The number of carbonyl (C=O) groups is 2. The van der Waals surface area contributed by atoms with Crippen molar-refractivity contribution in [3.63, 3.8) is 0 Å². The third kappa shape index (κ3) is 4.64. The molecule has 0 radical (unpaired) electrons. The van der Waals surface area contributed by atoms with Crippen molar-refractivity contribution in [2.75, 3.05) is 19.6 Å². The van der Waals surface area contributed by atoms with E-state index in [9.17, 15) is 9.59 Å². The monoisotopic (exact) mass is 240 g/mol. The summed E-state index contributed by atoms with van der Waals surface area (Å²) in [5.41, 5.74) is 5.06. The van der Waals surface area contributed by atoms with Crippen LogP contribution in [0.25, 0.3) is 0 Å². The molecule has 0 aromatic carbocycles. The second-order valence-electron chi connectivity index (χ2n) is 3.74.